The van der Waals surface area contributed by atoms with Crippen molar-refractivity contribution in [1.82, 2.24) is 14.9 Å². The van der Waals surface area contributed by atoms with Gasteiger partial charge in [-0.2, -0.15) is 0 Å². The van der Waals surface area contributed by atoms with Gasteiger partial charge in [0.1, 0.15) is 11.0 Å². The maximum Gasteiger partial charge on any atom is 0.240 e. The molecule has 1 amide bonds. The standard InChI is InChI=1S/C20H20ClN5O2S/c1-3-16-23-24-20-26(16)25-17(12-8-10-13(28-2)11-9-12)18(29-20)19(27)22-15-7-5-4-6-14(15)21/h4-11,17-18,25H,3H2,1-2H3,(H,22,27)/t17-,18-/m0/s1. The molecule has 7 nitrogen and oxygen atoms in total. The van der Waals surface area contributed by atoms with E-state index in [1.165, 1.54) is 11.8 Å². The lowest BCUT2D eigenvalue weighted by Crippen LogP contribution is -2.41. The van der Waals surface area contributed by atoms with Gasteiger partial charge in [0.05, 0.1) is 23.9 Å². The predicted octanol–water partition coefficient (Wildman–Crippen LogP) is 3.90. The highest BCUT2D eigenvalue weighted by Gasteiger charge is 2.37. The quantitative estimate of drug-likeness (QED) is 0.640. The summed E-state index contributed by atoms with van der Waals surface area (Å²) in [6.07, 6.45) is 0.729. The second-order valence-electron chi connectivity index (χ2n) is 6.48. The normalized spacial score (nSPS) is 17.9. The number of hydrogen-bond donors (Lipinski definition) is 2. The van der Waals surface area contributed by atoms with Gasteiger partial charge >= 0.3 is 0 Å². The Bertz CT molecular complexity index is 1020. The molecule has 0 spiro atoms. The van der Waals surface area contributed by atoms with Crippen molar-refractivity contribution in [3.8, 4) is 5.75 Å². The van der Waals surface area contributed by atoms with Gasteiger partial charge in [0.25, 0.3) is 0 Å². The number of aryl methyl sites for hydroxylation is 1. The monoisotopic (exact) mass is 429 g/mol. The lowest BCUT2D eigenvalue weighted by atomic mass is 10.0. The number of nitrogens with zero attached hydrogens (tertiary/aromatic N) is 3. The number of rotatable bonds is 5. The van der Waals surface area contributed by atoms with Gasteiger partial charge in [-0.05, 0) is 29.8 Å². The van der Waals surface area contributed by atoms with Crippen LogP contribution in [-0.2, 0) is 11.2 Å². The Labute approximate surface area is 177 Å². The van der Waals surface area contributed by atoms with Crippen LogP contribution in [0.5, 0.6) is 5.75 Å². The van der Waals surface area contributed by atoms with Crippen LogP contribution >= 0.6 is 23.4 Å². The molecule has 1 aliphatic heterocycles. The third-order valence-electron chi connectivity index (χ3n) is 4.68. The smallest absolute Gasteiger partial charge is 0.240 e. The molecule has 3 aromatic rings. The van der Waals surface area contributed by atoms with Gasteiger partial charge in [0, 0.05) is 6.42 Å². The van der Waals surface area contributed by atoms with E-state index in [0.29, 0.717) is 15.9 Å². The summed E-state index contributed by atoms with van der Waals surface area (Å²) < 4.78 is 7.12. The minimum absolute atomic E-state index is 0.163. The van der Waals surface area contributed by atoms with Crippen LogP contribution in [0.1, 0.15) is 24.4 Å². The van der Waals surface area contributed by atoms with E-state index in [4.69, 9.17) is 16.3 Å². The summed E-state index contributed by atoms with van der Waals surface area (Å²) >= 11 is 7.60. The van der Waals surface area contributed by atoms with E-state index in [2.05, 4.69) is 20.9 Å². The number of amides is 1. The number of para-hydroxylation sites is 1. The Morgan fingerprint density at radius 1 is 1.24 bits per heavy atom. The number of nitrogens with one attached hydrogen (secondary N) is 2. The van der Waals surface area contributed by atoms with Crippen molar-refractivity contribution in [2.24, 2.45) is 0 Å². The SMILES string of the molecule is CCc1nnc2n1N[C@@H](c1ccc(OC)cc1)[C@@H](C(=O)Nc1ccccc1Cl)S2. The number of thioether (sulfide) groups is 1. The van der Waals surface area contributed by atoms with Crippen LogP contribution in [0.25, 0.3) is 0 Å². The fourth-order valence-electron chi connectivity index (χ4n) is 3.16. The van der Waals surface area contributed by atoms with Crippen molar-refractivity contribution in [2.45, 2.75) is 29.8 Å². The first kappa shape index (κ1) is 19.6. The average molecular weight is 430 g/mol. The van der Waals surface area contributed by atoms with E-state index in [1.54, 1.807) is 19.2 Å². The number of benzene rings is 2. The number of fused-ring (bicyclic) bond motifs is 1. The van der Waals surface area contributed by atoms with Crippen molar-refractivity contribution < 1.29 is 9.53 Å². The number of methoxy groups -OCH3 is 1. The highest BCUT2D eigenvalue weighted by molar-refractivity contribution is 8.00. The molecule has 0 bridgehead atoms. The molecule has 0 unspecified atom stereocenters. The van der Waals surface area contributed by atoms with Crippen LogP contribution in [0, 0.1) is 0 Å². The summed E-state index contributed by atoms with van der Waals surface area (Å²) in [5, 5.41) is 12.1. The molecule has 0 saturated carbocycles. The zero-order valence-electron chi connectivity index (χ0n) is 15.9. The van der Waals surface area contributed by atoms with Crippen molar-refractivity contribution in [3.63, 3.8) is 0 Å². The molecular formula is C20H20ClN5O2S. The van der Waals surface area contributed by atoms with Crippen LogP contribution < -0.4 is 15.5 Å². The number of carbonyl (C=O) groups is 1. The largest absolute Gasteiger partial charge is 0.497 e. The van der Waals surface area contributed by atoms with E-state index in [1.807, 2.05) is 48.0 Å². The Morgan fingerprint density at radius 2 is 2.00 bits per heavy atom. The molecule has 4 rings (SSSR count). The summed E-state index contributed by atoms with van der Waals surface area (Å²) in [5.74, 6) is 1.41. The number of aromatic nitrogens is 3. The van der Waals surface area contributed by atoms with Crippen molar-refractivity contribution >= 4 is 35.0 Å². The lowest BCUT2D eigenvalue weighted by molar-refractivity contribution is -0.116. The highest BCUT2D eigenvalue weighted by atomic mass is 35.5. The molecule has 0 radical (unpaired) electrons. The molecular weight excluding hydrogens is 410 g/mol. The molecule has 9 heteroatoms. The second-order valence-corrected chi connectivity index (χ2v) is 7.99. The molecule has 2 aromatic carbocycles. The highest BCUT2D eigenvalue weighted by Crippen LogP contribution is 2.38. The van der Waals surface area contributed by atoms with E-state index in [0.717, 1.165) is 23.6 Å². The van der Waals surface area contributed by atoms with Crippen LogP contribution in [0.4, 0.5) is 5.69 Å². The first-order chi connectivity index (χ1) is 14.1. The molecule has 29 heavy (non-hydrogen) atoms. The Kier molecular flexibility index (Phi) is 5.64. The molecule has 2 heterocycles. The Balaban J connectivity index is 1.68. The molecule has 2 atom stereocenters. The van der Waals surface area contributed by atoms with Crippen molar-refractivity contribution in [2.75, 3.05) is 17.9 Å². The van der Waals surface area contributed by atoms with Crippen LogP contribution in [0.2, 0.25) is 5.02 Å². The van der Waals surface area contributed by atoms with Gasteiger partial charge in [-0.25, -0.2) is 4.68 Å². The van der Waals surface area contributed by atoms with E-state index < -0.39 is 5.25 Å². The zero-order chi connectivity index (χ0) is 20.4. The van der Waals surface area contributed by atoms with Gasteiger partial charge in [0.2, 0.25) is 11.1 Å². The third kappa shape index (κ3) is 3.90. The van der Waals surface area contributed by atoms with E-state index >= 15 is 0 Å². The minimum Gasteiger partial charge on any atom is -0.497 e. The molecule has 0 fully saturated rings. The van der Waals surface area contributed by atoms with Gasteiger partial charge < -0.3 is 15.5 Å². The summed E-state index contributed by atoms with van der Waals surface area (Å²) in [5.41, 5.74) is 4.95. The van der Waals surface area contributed by atoms with E-state index in [9.17, 15) is 4.79 Å². The summed E-state index contributed by atoms with van der Waals surface area (Å²) in [4.78, 5) is 13.2. The fourth-order valence-corrected chi connectivity index (χ4v) is 4.44. The molecule has 0 aliphatic carbocycles. The number of anilines is 1. The van der Waals surface area contributed by atoms with Crippen LogP contribution in [0.15, 0.2) is 53.7 Å². The van der Waals surface area contributed by atoms with Gasteiger partial charge in [-0.1, -0.05) is 54.6 Å². The second kappa shape index (κ2) is 8.34. The summed E-state index contributed by atoms with van der Waals surface area (Å²) in [6.45, 7) is 2.02. The number of hydrogen-bond acceptors (Lipinski definition) is 6. The Morgan fingerprint density at radius 3 is 2.69 bits per heavy atom. The minimum atomic E-state index is -0.471. The summed E-state index contributed by atoms with van der Waals surface area (Å²) in [7, 11) is 1.63. The Hall–Kier alpha value is -2.71. The molecule has 1 aromatic heterocycles. The van der Waals surface area contributed by atoms with E-state index in [-0.39, 0.29) is 11.9 Å². The molecule has 2 N–H and O–H groups in total. The molecule has 150 valence electrons. The fraction of sp³-hybridized carbons (Fsp3) is 0.250. The predicted molar refractivity (Wildman–Crippen MR) is 114 cm³/mol. The molecule has 0 saturated heterocycles. The first-order valence-electron chi connectivity index (χ1n) is 9.17. The number of carbonyl (C=O) groups excluding carboxylic acids is 1. The summed E-state index contributed by atoms with van der Waals surface area (Å²) in [6, 6.07) is 14.6. The van der Waals surface area contributed by atoms with Crippen molar-refractivity contribution in [3.05, 3.63) is 64.9 Å². The third-order valence-corrected chi connectivity index (χ3v) is 6.23. The topological polar surface area (TPSA) is 81.1 Å². The number of halogens is 1. The van der Waals surface area contributed by atoms with Crippen LogP contribution in [0.3, 0.4) is 0 Å². The maximum atomic E-state index is 13.2. The van der Waals surface area contributed by atoms with Gasteiger partial charge in [-0.15, -0.1) is 10.2 Å². The maximum absolute atomic E-state index is 13.2. The first-order valence-corrected chi connectivity index (χ1v) is 10.4. The molecule has 1 aliphatic rings. The van der Waals surface area contributed by atoms with Gasteiger partial charge in [0.15, 0.2) is 5.82 Å². The number of ether oxygens (including phenoxy) is 1. The van der Waals surface area contributed by atoms with Gasteiger partial charge in [-0.3, -0.25) is 4.79 Å². The van der Waals surface area contributed by atoms with Crippen molar-refractivity contribution in [1.29, 1.82) is 0 Å². The zero-order valence-corrected chi connectivity index (χ0v) is 17.5. The average Bonchev–Trinajstić information content (AvgIpc) is 3.16. The van der Waals surface area contributed by atoms with Crippen LogP contribution in [-0.4, -0.2) is 33.1 Å². The lowest BCUT2D eigenvalue weighted by Gasteiger charge is -2.33.